The number of carbonyl (C=O) groups excluding carboxylic acids is 2. The van der Waals surface area contributed by atoms with Crippen molar-refractivity contribution in [2.75, 3.05) is 37.6 Å². The summed E-state index contributed by atoms with van der Waals surface area (Å²) >= 11 is 0. The van der Waals surface area contributed by atoms with E-state index in [1.54, 1.807) is 6.07 Å². The maximum atomic E-state index is 12.9. The van der Waals surface area contributed by atoms with E-state index in [-0.39, 0.29) is 11.8 Å². The largest absolute Gasteiger partial charge is 0.368 e. The van der Waals surface area contributed by atoms with Crippen molar-refractivity contribution >= 4 is 17.5 Å². The van der Waals surface area contributed by atoms with Crippen LogP contribution < -0.4 is 10.2 Å². The number of anilines is 1. The lowest BCUT2D eigenvalue weighted by atomic mass is 10.1. The number of nitrogens with one attached hydrogen (secondary N) is 1. The number of aromatic nitrogens is 1. The van der Waals surface area contributed by atoms with Crippen molar-refractivity contribution in [3.05, 3.63) is 59.9 Å². The van der Waals surface area contributed by atoms with Crippen LogP contribution in [0.5, 0.6) is 0 Å². The Hall–Kier alpha value is -2.89. The maximum Gasteiger partial charge on any atom is 0.255 e. The van der Waals surface area contributed by atoms with Gasteiger partial charge in [0.2, 0.25) is 0 Å². The van der Waals surface area contributed by atoms with Gasteiger partial charge < -0.3 is 15.1 Å². The van der Waals surface area contributed by atoms with Crippen LogP contribution in [0, 0.1) is 5.92 Å². The molecule has 1 aromatic heterocycles. The molecule has 0 saturated carbocycles. The number of carbonyl (C=O) groups is 2. The number of amides is 2. The van der Waals surface area contributed by atoms with Gasteiger partial charge in [0.15, 0.2) is 0 Å². The van der Waals surface area contributed by atoms with E-state index in [2.05, 4.69) is 41.2 Å². The van der Waals surface area contributed by atoms with Gasteiger partial charge in [-0.05, 0) is 30.5 Å². The molecule has 28 heavy (non-hydrogen) atoms. The van der Waals surface area contributed by atoms with E-state index in [9.17, 15) is 9.59 Å². The Balaban J connectivity index is 1.58. The van der Waals surface area contributed by atoms with Gasteiger partial charge in [-0.1, -0.05) is 32.0 Å². The van der Waals surface area contributed by atoms with Crippen LogP contribution in [0.3, 0.4) is 0 Å². The Bertz CT molecular complexity index is 799. The first-order chi connectivity index (χ1) is 13.5. The SMILES string of the molecule is CC(C)CCNC(=O)c1cncc(C(=O)N2CCN(c3ccccc3)CC2)c1. The molecule has 0 unspecified atom stereocenters. The second kappa shape index (κ2) is 9.35. The molecule has 0 aliphatic carbocycles. The molecule has 2 heterocycles. The van der Waals surface area contributed by atoms with Crippen LogP contribution in [0.25, 0.3) is 0 Å². The Morgan fingerprint density at radius 3 is 2.39 bits per heavy atom. The number of benzene rings is 1. The summed E-state index contributed by atoms with van der Waals surface area (Å²) in [5.74, 6) is 0.273. The fraction of sp³-hybridized carbons (Fsp3) is 0.409. The van der Waals surface area contributed by atoms with Gasteiger partial charge in [0.05, 0.1) is 11.1 Å². The molecule has 0 radical (unpaired) electrons. The summed E-state index contributed by atoms with van der Waals surface area (Å²) in [6, 6.07) is 11.9. The molecular weight excluding hydrogens is 352 g/mol. The van der Waals surface area contributed by atoms with Gasteiger partial charge in [0, 0.05) is 50.8 Å². The van der Waals surface area contributed by atoms with Gasteiger partial charge in [-0.25, -0.2) is 0 Å². The zero-order valence-electron chi connectivity index (χ0n) is 16.6. The summed E-state index contributed by atoms with van der Waals surface area (Å²) in [4.78, 5) is 33.4. The first-order valence-electron chi connectivity index (χ1n) is 9.87. The third-order valence-corrected chi connectivity index (χ3v) is 4.94. The van der Waals surface area contributed by atoms with Gasteiger partial charge in [-0.3, -0.25) is 14.6 Å². The molecule has 1 aliphatic heterocycles. The number of rotatable bonds is 6. The predicted molar refractivity (Wildman–Crippen MR) is 111 cm³/mol. The van der Waals surface area contributed by atoms with Crippen LogP contribution in [0.1, 0.15) is 41.0 Å². The molecule has 0 spiro atoms. The van der Waals surface area contributed by atoms with Crippen molar-refractivity contribution < 1.29 is 9.59 Å². The first-order valence-corrected chi connectivity index (χ1v) is 9.87. The summed E-state index contributed by atoms with van der Waals surface area (Å²) in [6.07, 6.45) is 3.97. The molecule has 3 rings (SSSR count). The smallest absolute Gasteiger partial charge is 0.255 e. The van der Waals surface area contributed by atoms with Crippen molar-refractivity contribution in [1.29, 1.82) is 0 Å². The molecule has 1 N–H and O–H groups in total. The number of pyridine rings is 1. The number of piperazine rings is 1. The van der Waals surface area contributed by atoms with Crippen molar-refractivity contribution in [2.45, 2.75) is 20.3 Å². The topological polar surface area (TPSA) is 65.5 Å². The second-order valence-corrected chi connectivity index (χ2v) is 7.52. The number of nitrogens with zero attached hydrogens (tertiary/aromatic N) is 3. The van der Waals surface area contributed by atoms with E-state index < -0.39 is 0 Å². The van der Waals surface area contributed by atoms with E-state index in [1.807, 2.05) is 23.1 Å². The van der Waals surface area contributed by atoms with Gasteiger partial charge >= 0.3 is 0 Å². The third kappa shape index (κ3) is 5.09. The van der Waals surface area contributed by atoms with Crippen LogP contribution in [0.15, 0.2) is 48.8 Å². The summed E-state index contributed by atoms with van der Waals surface area (Å²) in [6.45, 7) is 7.74. The average Bonchev–Trinajstić information content (AvgIpc) is 2.74. The lowest BCUT2D eigenvalue weighted by Crippen LogP contribution is -2.48. The van der Waals surface area contributed by atoms with Crippen molar-refractivity contribution in [1.82, 2.24) is 15.2 Å². The molecule has 6 heteroatoms. The standard InChI is InChI=1S/C22H28N4O2/c1-17(2)8-9-24-21(27)18-14-19(16-23-15-18)22(28)26-12-10-25(11-13-26)20-6-4-3-5-7-20/h3-7,14-17H,8-13H2,1-2H3,(H,24,27). The molecular formula is C22H28N4O2. The number of hydrogen-bond acceptors (Lipinski definition) is 4. The monoisotopic (exact) mass is 380 g/mol. The first kappa shape index (κ1) is 19.9. The molecule has 2 aromatic rings. The number of hydrogen-bond donors (Lipinski definition) is 1. The third-order valence-electron chi connectivity index (χ3n) is 4.94. The highest BCUT2D eigenvalue weighted by molar-refractivity contribution is 5.99. The van der Waals surface area contributed by atoms with Crippen LogP contribution in [0.4, 0.5) is 5.69 Å². The molecule has 148 valence electrons. The summed E-state index contributed by atoms with van der Waals surface area (Å²) in [5, 5.41) is 2.89. The highest BCUT2D eigenvalue weighted by Gasteiger charge is 2.23. The molecule has 1 saturated heterocycles. The molecule has 2 amide bonds. The van der Waals surface area contributed by atoms with Crippen molar-refractivity contribution in [3.63, 3.8) is 0 Å². The van der Waals surface area contributed by atoms with Crippen LogP contribution >= 0.6 is 0 Å². The maximum absolute atomic E-state index is 12.9. The Kier molecular flexibility index (Phi) is 6.63. The van der Waals surface area contributed by atoms with E-state index in [0.29, 0.717) is 36.7 Å². The quantitative estimate of drug-likeness (QED) is 0.837. The lowest BCUT2D eigenvalue weighted by molar-refractivity contribution is 0.0746. The summed E-state index contributed by atoms with van der Waals surface area (Å²) in [7, 11) is 0. The fourth-order valence-electron chi connectivity index (χ4n) is 3.25. The highest BCUT2D eigenvalue weighted by atomic mass is 16.2. The minimum atomic E-state index is -0.184. The highest BCUT2D eigenvalue weighted by Crippen LogP contribution is 2.17. The Morgan fingerprint density at radius 1 is 1.04 bits per heavy atom. The van der Waals surface area contributed by atoms with Crippen LogP contribution in [0.2, 0.25) is 0 Å². The second-order valence-electron chi connectivity index (χ2n) is 7.52. The zero-order chi connectivity index (χ0) is 19.9. The number of para-hydroxylation sites is 1. The zero-order valence-corrected chi connectivity index (χ0v) is 16.6. The summed E-state index contributed by atoms with van der Waals surface area (Å²) in [5.41, 5.74) is 2.07. The normalized spacial score (nSPS) is 14.2. The Morgan fingerprint density at radius 2 is 1.71 bits per heavy atom. The van der Waals surface area contributed by atoms with Crippen LogP contribution in [-0.4, -0.2) is 54.4 Å². The van der Waals surface area contributed by atoms with Crippen molar-refractivity contribution in [2.24, 2.45) is 5.92 Å². The molecule has 6 nitrogen and oxygen atoms in total. The molecule has 0 atom stereocenters. The molecule has 0 bridgehead atoms. The van der Waals surface area contributed by atoms with Crippen molar-refractivity contribution in [3.8, 4) is 0 Å². The molecule has 1 aliphatic rings. The minimum Gasteiger partial charge on any atom is -0.368 e. The predicted octanol–water partition coefficient (Wildman–Crippen LogP) is 2.82. The average molecular weight is 380 g/mol. The van der Waals surface area contributed by atoms with E-state index in [1.165, 1.54) is 18.1 Å². The van der Waals surface area contributed by atoms with E-state index in [0.717, 1.165) is 19.5 Å². The minimum absolute atomic E-state index is 0.0722. The van der Waals surface area contributed by atoms with Gasteiger partial charge in [-0.15, -0.1) is 0 Å². The van der Waals surface area contributed by atoms with E-state index in [4.69, 9.17) is 0 Å². The summed E-state index contributed by atoms with van der Waals surface area (Å²) < 4.78 is 0. The fourth-order valence-corrected chi connectivity index (χ4v) is 3.25. The van der Waals surface area contributed by atoms with Gasteiger partial charge in [0.25, 0.3) is 11.8 Å². The lowest BCUT2D eigenvalue weighted by Gasteiger charge is -2.36. The van der Waals surface area contributed by atoms with Gasteiger partial charge in [0.1, 0.15) is 0 Å². The van der Waals surface area contributed by atoms with Gasteiger partial charge in [-0.2, -0.15) is 0 Å². The molecule has 1 aromatic carbocycles. The van der Waals surface area contributed by atoms with Crippen LogP contribution in [-0.2, 0) is 0 Å². The van der Waals surface area contributed by atoms with E-state index >= 15 is 0 Å². The Labute approximate surface area is 166 Å². The molecule has 1 fully saturated rings.